The van der Waals surface area contributed by atoms with Crippen molar-refractivity contribution in [3.63, 3.8) is 0 Å². The summed E-state index contributed by atoms with van der Waals surface area (Å²) >= 11 is 0. The first-order chi connectivity index (χ1) is 32.8. The fourth-order valence-electron chi connectivity index (χ4n) is 9.75. The van der Waals surface area contributed by atoms with Crippen LogP contribution >= 0.6 is 0 Å². The minimum Gasteiger partial charge on any atom is -0.309 e. The Balaban J connectivity index is 1.19. The molecule has 9 aromatic carbocycles. The molecule has 0 saturated heterocycles. The lowest BCUT2D eigenvalue weighted by Crippen LogP contribution is -2.06. The zero-order chi connectivity index (χ0) is 45.2. The molecular weight excluding hydrogens is 834 g/mol. The molecule has 3 aromatic heterocycles. The predicted molar refractivity (Wildman–Crippen MR) is 268 cm³/mol. The van der Waals surface area contributed by atoms with Crippen LogP contribution in [0.3, 0.4) is 0 Å². The van der Waals surface area contributed by atoms with Gasteiger partial charge in [-0.25, -0.2) is 9.97 Å². The Morgan fingerprint density at radius 1 is 0.373 bits per heavy atom. The molecule has 0 spiro atoms. The van der Waals surface area contributed by atoms with Crippen LogP contribution in [0.1, 0.15) is 11.1 Å². The average molecular weight is 873 g/mol. The maximum Gasteiger partial charge on any atom is 0.416 e. The number of hydrogen-bond donors (Lipinski definition) is 0. The fraction of sp³-hybridized carbons (Fsp3) is 0.0333. The first-order valence-corrected chi connectivity index (χ1v) is 22.2. The van der Waals surface area contributed by atoms with Crippen LogP contribution < -0.4 is 0 Å². The summed E-state index contributed by atoms with van der Waals surface area (Å²) in [5.74, 6) is 0.542. The van der Waals surface area contributed by atoms with Gasteiger partial charge in [0.15, 0.2) is 5.82 Å². The van der Waals surface area contributed by atoms with E-state index in [0.29, 0.717) is 22.6 Å². The monoisotopic (exact) mass is 872 g/mol. The van der Waals surface area contributed by atoms with Crippen molar-refractivity contribution in [3.8, 4) is 67.5 Å². The Labute approximate surface area is 384 Å². The molecular formula is C60H39F3N4. The van der Waals surface area contributed by atoms with Crippen molar-refractivity contribution in [1.29, 1.82) is 0 Å². The quantitative estimate of drug-likeness (QED) is 0.160. The molecule has 0 saturated carbocycles. The Bertz CT molecular complexity index is 3750. The first kappa shape index (κ1) is 40.0. The van der Waals surface area contributed by atoms with Crippen LogP contribution in [-0.2, 0) is 6.18 Å². The van der Waals surface area contributed by atoms with Crippen LogP contribution in [0.15, 0.2) is 218 Å². The van der Waals surface area contributed by atoms with Gasteiger partial charge in [-0.15, -0.1) is 0 Å². The van der Waals surface area contributed by atoms with Gasteiger partial charge in [-0.1, -0.05) is 157 Å². The third kappa shape index (κ3) is 6.95. The summed E-state index contributed by atoms with van der Waals surface area (Å²) in [5.41, 5.74) is 12.8. The summed E-state index contributed by atoms with van der Waals surface area (Å²) in [6.45, 7) is 2.06. The number of aromatic nitrogens is 4. The molecule has 0 unspecified atom stereocenters. The molecule has 0 atom stereocenters. The second kappa shape index (κ2) is 15.9. The van der Waals surface area contributed by atoms with E-state index in [0.717, 1.165) is 89.4 Å². The molecule has 0 aliphatic carbocycles. The van der Waals surface area contributed by atoms with Crippen LogP contribution in [0.4, 0.5) is 13.2 Å². The highest BCUT2D eigenvalue weighted by Gasteiger charge is 2.31. The molecule has 0 aliphatic heterocycles. The van der Waals surface area contributed by atoms with Gasteiger partial charge in [0.1, 0.15) is 0 Å². The van der Waals surface area contributed by atoms with E-state index in [4.69, 9.17) is 9.97 Å². The molecule has 0 fully saturated rings. The van der Waals surface area contributed by atoms with Crippen LogP contribution in [0, 0.1) is 6.92 Å². The molecule has 0 amide bonds. The molecule has 0 N–H and O–H groups in total. The zero-order valence-corrected chi connectivity index (χ0v) is 36.2. The van der Waals surface area contributed by atoms with E-state index in [9.17, 15) is 13.2 Å². The molecule has 320 valence electrons. The highest BCUT2D eigenvalue weighted by Crippen LogP contribution is 2.46. The van der Waals surface area contributed by atoms with Gasteiger partial charge in [-0.05, 0) is 84.8 Å². The van der Waals surface area contributed by atoms with Crippen LogP contribution in [0.5, 0.6) is 0 Å². The number of nitrogens with zero attached hydrogens (tertiary/aromatic N) is 4. The van der Waals surface area contributed by atoms with Gasteiger partial charge < -0.3 is 9.13 Å². The summed E-state index contributed by atoms with van der Waals surface area (Å²) in [4.78, 5) is 10.3. The third-order valence-electron chi connectivity index (χ3n) is 12.8. The highest BCUT2D eigenvalue weighted by molar-refractivity contribution is 6.13. The van der Waals surface area contributed by atoms with Gasteiger partial charge in [0.05, 0.1) is 44.7 Å². The third-order valence-corrected chi connectivity index (χ3v) is 12.8. The molecule has 0 bridgehead atoms. The molecule has 12 rings (SSSR count). The van der Waals surface area contributed by atoms with Crippen molar-refractivity contribution >= 4 is 43.6 Å². The van der Waals surface area contributed by atoms with Crippen LogP contribution in [0.25, 0.3) is 111 Å². The van der Waals surface area contributed by atoms with Gasteiger partial charge in [0.2, 0.25) is 0 Å². The maximum atomic E-state index is 14.7. The Hall–Kier alpha value is -8.55. The largest absolute Gasteiger partial charge is 0.416 e. The van der Waals surface area contributed by atoms with E-state index in [2.05, 4.69) is 119 Å². The summed E-state index contributed by atoms with van der Waals surface area (Å²) in [7, 11) is 0. The van der Waals surface area contributed by atoms with Gasteiger partial charge in [-0.2, -0.15) is 13.2 Å². The molecule has 3 heterocycles. The first-order valence-electron chi connectivity index (χ1n) is 22.2. The second-order valence-corrected chi connectivity index (χ2v) is 17.0. The van der Waals surface area contributed by atoms with Crippen molar-refractivity contribution in [2.45, 2.75) is 13.1 Å². The van der Waals surface area contributed by atoms with Crippen molar-refractivity contribution in [2.24, 2.45) is 0 Å². The van der Waals surface area contributed by atoms with E-state index in [-0.39, 0.29) is 0 Å². The molecule has 0 aliphatic rings. The normalized spacial score (nSPS) is 11.9. The number of benzene rings is 9. The fourth-order valence-corrected chi connectivity index (χ4v) is 9.75. The maximum absolute atomic E-state index is 14.7. The van der Waals surface area contributed by atoms with Gasteiger partial charge >= 0.3 is 6.18 Å². The molecule has 67 heavy (non-hydrogen) atoms. The van der Waals surface area contributed by atoms with E-state index >= 15 is 0 Å². The number of fused-ring (bicyclic) bond motifs is 6. The van der Waals surface area contributed by atoms with Crippen molar-refractivity contribution in [3.05, 3.63) is 230 Å². The van der Waals surface area contributed by atoms with E-state index in [1.165, 1.54) is 22.9 Å². The van der Waals surface area contributed by atoms with Crippen molar-refractivity contribution < 1.29 is 13.2 Å². The van der Waals surface area contributed by atoms with Crippen molar-refractivity contribution in [2.75, 3.05) is 0 Å². The molecule has 12 aromatic rings. The lowest BCUT2D eigenvalue weighted by atomic mass is 9.90. The summed E-state index contributed by atoms with van der Waals surface area (Å²) in [6.07, 6.45) is -4.56. The lowest BCUT2D eigenvalue weighted by molar-refractivity contribution is -0.137. The number of alkyl halides is 3. The number of hydrogen-bond acceptors (Lipinski definition) is 2. The Morgan fingerprint density at radius 2 is 0.866 bits per heavy atom. The van der Waals surface area contributed by atoms with Crippen molar-refractivity contribution in [1.82, 2.24) is 19.1 Å². The van der Waals surface area contributed by atoms with E-state index < -0.39 is 11.7 Å². The molecule has 0 radical (unpaired) electrons. The molecule has 7 heteroatoms. The van der Waals surface area contributed by atoms with Crippen LogP contribution in [-0.4, -0.2) is 19.1 Å². The van der Waals surface area contributed by atoms with Gasteiger partial charge in [0.25, 0.3) is 0 Å². The minimum atomic E-state index is -4.56. The average Bonchev–Trinajstić information content (AvgIpc) is 3.88. The Kier molecular flexibility index (Phi) is 9.47. The predicted octanol–water partition coefficient (Wildman–Crippen LogP) is 16.3. The minimum absolute atomic E-state index is 0.425. The van der Waals surface area contributed by atoms with Crippen LogP contribution in [0.2, 0.25) is 0 Å². The summed E-state index contributed by atoms with van der Waals surface area (Å²) < 4.78 is 48.8. The van der Waals surface area contributed by atoms with E-state index in [1.54, 1.807) is 6.07 Å². The van der Waals surface area contributed by atoms with Gasteiger partial charge in [-0.3, -0.25) is 0 Å². The SMILES string of the molecule is Cc1cccc(-c2cc(-c3cc(-c4ccccc4)nc(-c4ccccc4)n3)cc(-c3cccc(C(F)(F)F)c3)c2-n2c3ccccc3c3cc(-n4c5ccccc5c5ccccc54)ccc32)c1. The number of aryl methyl sites for hydroxylation is 1. The number of halogens is 3. The second-order valence-electron chi connectivity index (χ2n) is 17.0. The molecule has 4 nitrogen and oxygen atoms in total. The lowest BCUT2D eigenvalue weighted by Gasteiger charge is -2.22. The topological polar surface area (TPSA) is 35.6 Å². The number of para-hydroxylation sites is 3. The standard InChI is InChI=1S/C60H39F3N4/c1-38-16-14-21-41(32-38)49-34-43(53-37-52(39-17-4-2-5-18-39)64-59(65-53)40-19-6-3-7-20-40)35-50(42-22-15-23-44(33-42)60(61,62)63)58(49)67-56-29-13-10-26-48(56)51-36-45(30-31-57(51)67)66-54-27-11-8-24-46(54)47-25-9-12-28-55(47)66/h2-37H,1H3. The van der Waals surface area contributed by atoms with Gasteiger partial charge in [0, 0.05) is 55.0 Å². The smallest absolute Gasteiger partial charge is 0.309 e. The summed E-state index contributed by atoms with van der Waals surface area (Å²) in [5, 5.41) is 4.37. The zero-order valence-electron chi connectivity index (χ0n) is 36.2. The highest BCUT2D eigenvalue weighted by atomic mass is 19.4. The Morgan fingerprint density at radius 3 is 1.48 bits per heavy atom. The van der Waals surface area contributed by atoms with E-state index in [1.807, 2.05) is 91.0 Å². The summed E-state index contributed by atoms with van der Waals surface area (Å²) in [6, 6.07) is 71.7. The number of rotatable bonds is 7.